The fourth-order valence-corrected chi connectivity index (χ4v) is 2.00. The van der Waals surface area contributed by atoms with Gasteiger partial charge >= 0.3 is 5.69 Å². The van der Waals surface area contributed by atoms with Gasteiger partial charge in [0.1, 0.15) is 5.75 Å². The van der Waals surface area contributed by atoms with Crippen LogP contribution >= 0.6 is 11.6 Å². The van der Waals surface area contributed by atoms with Crippen molar-refractivity contribution in [1.82, 2.24) is 0 Å². The lowest BCUT2D eigenvalue weighted by molar-refractivity contribution is -0.385. The molecule has 0 radical (unpaired) electrons. The second kappa shape index (κ2) is 6.25. The molecule has 0 saturated carbocycles. The van der Waals surface area contributed by atoms with Gasteiger partial charge in [-0.25, -0.2) is 0 Å². The Balaban J connectivity index is 2.40. The number of aryl methyl sites for hydroxylation is 1. The lowest BCUT2D eigenvalue weighted by Crippen LogP contribution is -1.95. The zero-order chi connectivity index (χ0) is 15.4. The van der Waals surface area contributed by atoms with Crippen molar-refractivity contribution in [2.24, 2.45) is 0 Å². The Hall–Kier alpha value is -2.58. The molecule has 0 bridgehead atoms. The quantitative estimate of drug-likeness (QED) is 0.616. The number of rotatable bonds is 4. The molecule has 5 nitrogen and oxygen atoms in total. The number of benzene rings is 2. The smallest absolute Gasteiger partial charge is 0.311 e. The van der Waals surface area contributed by atoms with Crippen LogP contribution in [-0.4, -0.2) is 4.92 Å². The van der Waals surface area contributed by atoms with E-state index in [1.807, 2.05) is 13.0 Å². The van der Waals surface area contributed by atoms with Crippen LogP contribution < -0.4 is 4.74 Å². The third kappa shape index (κ3) is 3.30. The molecule has 0 aliphatic carbocycles. The predicted octanol–water partition coefficient (Wildman–Crippen LogP) is 4.47. The molecule has 2 aromatic rings. The van der Waals surface area contributed by atoms with E-state index in [0.717, 1.165) is 5.56 Å². The molecule has 0 saturated heterocycles. The molecule has 0 atom stereocenters. The predicted molar refractivity (Wildman–Crippen MR) is 78.7 cm³/mol. The van der Waals surface area contributed by atoms with Crippen LogP contribution in [0, 0.1) is 21.4 Å². The van der Waals surface area contributed by atoms with Gasteiger partial charge in [-0.2, -0.15) is 5.26 Å². The third-order valence-electron chi connectivity index (χ3n) is 2.91. The first-order chi connectivity index (χ1) is 10.0. The maximum absolute atomic E-state index is 11.1. The molecule has 0 aliphatic rings. The van der Waals surface area contributed by atoms with E-state index in [0.29, 0.717) is 12.0 Å². The van der Waals surface area contributed by atoms with Crippen molar-refractivity contribution in [3.05, 3.63) is 62.7 Å². The molecule has 0 N–H and O–H groups in total. The molecule has 0 spiro atoms. The van der Waals surface area contributed by atoms with Gasteiger partial charge < -0.3 is 4.74 Å². The third-order valence-corrected chi connectivity index (χ3v) is 3.20. The lowest BCUT2D eigenvalue weighted by Gasteiger charge is -2.09. The number of halogens is 1. The van der Waals surface area contributed by atoms with Crippen molar-refractivity contribution in [2.45, 2.75) is 13.3 Å². The number of hydrogen-bond donors (Lipinski definition) is 0. The van der Waals surface area contributed by atoms with Crippen LogP contribution in [0.4, 0.5) is 5.69 Å². The minimum Gasteiger partial charge on any atom is -0.449 e. The first-order valence-corrected chi connectivity index (χ1v) is 6.57. The Bertz CT molecular complexity index is 738. The summed E-state index contributed by atoms with van der Waals surface area (Å²) in [4.78, 5) is 10.6. The second-order valence-electron chi connectivity index (χ2n) is 4.27. The zero-order valence-corrected chi connectivity index (χ0v) is 11.9. The Morgan fingerprint density at radius 2 is 2.00 bits per heavy atom. The summed E-state index contributed by atoms with van der Waals surface area (Å²) in [6.45, 7) is 1.91. The van der Waals surface area contributed by atoms with E-state index in [-0.39, 0.29) is 22.2 Å². The summed E-state index contributed by atoms with van der Waals surface area (Å²) in [5.41, 5.74) is 1.12. The van der Waals surface area contributed by atoms with Gasteiger partial charge in [0.15, 0.2) is 0 Å². The van der Waals surface area contributed by atoms with Crippen LogP contribution in [0.25, 0.3) is 0 Å². The second-order valence-corrected chi connectivity index (χ2v) is 4.68. The minimum atomic E-state index is -0.494. The summed E-state index contributed by atoms with van der Waals surface area (Å²) in [6.07, 6.45) is 0.693. The van der Waals surface area contributed by atoms with Gasteiger partial charge in [-0.1, -0.05) is 24.6 Å². The van der Waals surface area contributed by atoms with Gasteiger partial charge in [-0.05, 0) is 36.2 Å². The van der Waals surface area contributed by atoms with Gasteiger partial charge in [0.25, 0.3) is 0 Å². The summed E-state index contributed by atoms with van der Waals surface area (Å²) in [6, 6.07) is 11.2. The molecule has 2 aromatic carbocycles. The maximum Gasteiger partial charge on any atom is 0.311 e. The summed E-state index contributed by atoms with van der Waals surface area (Å²) < 4.78 is 5.52. The summed E-state index contributed by atoms with van der Waals surface area (Å²) in [5, 5.41) is 20.1. The first-order valence-electron chi connectivity index (χ1n) is 6.20. The summed E-state index contributed by atoms with van der Waals surface area (Å²) in [5.74, 6) is 0.381. The number of ether oxygens (including phenoxy) is 1. The Kier molecular flexibility index (Phi) is 4.41. The molecule has 0 heterocycles. The Morgan fingerprint density at radius 3 is 2.57 bits per heavy atom. The number of nitrogens with zero attached hydrogens (tertiary/aromatic N) is 2. The summed E-state index contributed by atoms with van der Waals surface area (Å²) >= 11 is 6.00. The molecule has 106 valence electrons. The highest BCUT2D eigenvalue weighted by atomic mass is 35.5. The monoisotopic (exact) mass is 302 g/mol. The minimum absolute atomic E-state index is 0.115. The average molecular weight is 303 g/mol. The number of nitro groups is 1. The van der Waals surface area contributed by atoms with E-state index >= 15 is 0 Å². The van der Waals surface area contributed by atoms with Crippen molar-refractivity contribution in [3.8, 4) is 17.6 Å². The highest BCUT2D eigenvalue weighted by Crippen LogP contribution is 2.35. The van der Waals surface area contributed by atoms with Gasteiger partial charge in [0, 0.05) is 6.07 Å². The van der Waals surface area contributed by atoms with Crippen LogP contribution in [0.5, 0.6) is 11.5 Å². The SMILES string of the molecule is CCc1ccc(Oc2ccc(C#N)cc2Cl)c([N+](=O)[O-])c1. The number of hydrogen-bond acceptors (Lipinski definition) is 4. The molecule has 0 amide bonds. The lowest BCUT2D eigenvalue weighted by atomic mass is 10.1. The van der Waals surface area contributed by atoms with E-state index in [9.17, 15) is 10.1 Å². The average Bonchev–Trinajstić information content (AvgIpc) is 2.49. The van der Waals surface area contributed by atoms with Gasteiger partial charge in [0.05, 0.1) is 21.6 Å². The van der Waals surface area contributed by atoms with E-state index in [2.05, 4.69) is 0 Å². The van der Waals surface area contributed by atoms with Crippen molar-refractivity contribution >= 4 is 17.3 Å². The van der Waals surface area contributed by atoms with E-state index in [1.165, 1.54) is 24.3 Å². The van der Waals surface area contributed by atoms with Crippen molar-refractivity contribution in [2.75, 3.05) is 0 Å². The first kappa shape index (κ1) is 14.8. The van der Waals surface area contributed by atoms with Crippen LogP contribution in [0.1, 0.15) is 18.1 Å². The molecule has 6 heteroatoms. The molecular formula is C15H11ClN2O3. The maximum atomic E-state index is 11.1. The largest absolute Gasteiger partial charge is 0.449 e. The van der Waals surface area contributed by atoms with Crippen molar-refractivity contribution in [1.29, 1.82) is 5.26 Å². The van der Waals surface area contributed by atoms with Crippen molar-refractivity contribution < 1.29 is 9.66 Å². The standard InChI is InChI=1S/C15H11ClN2O3/c1-2-10-3-6-15(13(8-10)18(19)20)21-14-5-4-11(9-17)7-12(14)16/h3-8H,2H2,1H3. The fraction of sp³-hybridized carbons (Fsp3) is 0.133. The van der Waals surface area contributed by atoms with Gasteiger partial charge in [-0.15, -0.1) is 0 Å². The van der Waals surface area contributed by atoms with Crippen LogP contribution in [0.15, 0.2) is 36.4 Å². The molecule has 0 aromatic heterocycles. The van der Waals surface area contributed by atoms with E-state index < -0.39 is 4.92 Å². The Labute approximate surface area is 126 Å². The topological polar surface area (TPSA) is 76.2 Å². The Morgan fingerprint density at radius 1 is 1.29 bits per heavy atom. The fourth-order valence-electron chi connectivity index (χ4n) is 1.78. The highest BCUT2D eigenvalue weighted by Gasteiger charge is 2.17. The molecular weight excluding hydrogens is 292 g/mol. The van der Waals surface area contributed by atoms with Gasteiger partial charge in [-0.3, -0.25) is 10.1 Å². The summed E-state index contributed by atoms with van der Waals surface area (Å²) in [7, 11) is 0. The molecule has 2 rings (SSSR count). The molecule has 0 aliphatic heterocycles. The van der Waals surface area contributed by atoms with Crippen LogP contribution in [-0.2, 0) is 6.42 Å². The zero-order valence-electron chi connectivity index (χ0n) is 11.2. The number of nitro benzene ring substituents is 1. The number of nitriles is 1. The molecule has 0 fully saturated rings. The van der Waals surface area contributed by atoms with Crippen LogP contribution in [0.2, 0.25) is 5.02 Å². The van der Waals surface area contributed by atoms with Gasteiger partial charge in [0.2, 0.25) is 5.75 Å². The highest BCUT2D eigenvalue weighted by molar-refractivity contribution is 6.32. The van der Waals surface area contributed by atoms with E-state index in [1.54, 1.807) is 12.1 Å². The normalized spacial score (nSPS) is 9.95. The van der Waals surface area contributed by atoms with Crippen LogP contribution in [0.3, 0.4) is 0 Å². The van der Waals surface area contributed by atoms with Crippen molar-refractivity contribution in [3.63, 3.8) is 0 Å². The van der Waals surface area contributed by atoms with E-state index in [4.69, 9.17) is 21.6 Å². The molecule has 0 unspecified atom stereocenters. The molecule has 21 heavy (non-hydrogen) atoms.